The molecule has 0 atom stereocenters. The van der Waals surface area contributed by atoms with E-state index in [0.717, 1.165) is 5.69 Å². The summed E-state index contributed by atoms with van der Waals surface area (Å²) in [6, 6.07) is 6.69. The first-order chi connectivity index (χ1) is 8.83. The van der Waals surface area contributed by atoms with Gasteiger partial charge < -0.3 is 10.4 Å². The Kier molecular flexibility index (Phi) is 2.45. The van der Waals surface area contributed by atoms with Gasteiger partial charge in [0.2, 0.25) is 0 Å². The third kappa shape index (κ3) is 1.91. The van der Waals surface area contributed by atoms with E-state index in [1.54, 1.807) is 36.7 Å². The second-order valence-electron chi connectivity index (χ2n) is 3.62. The van der Waals surface area contributed by atoms with Crippen molar-refractivity contribution < 1.29 is 5.11 Å². The highest BCUT2D eigenvalue weighted by Crippen LogP contribution is 2.21. The van der Waals surface area contributed by atoms with Gasteiger partial charge >= 0.3 is 0 Å². The number of aromatic nitrogens is 4. The molecule has 2 aromatic heterocycles. The molecule has 2 heterocycles. The van der Waals surface area contributed by atoms with Crippen LogP contribution in [-0.4, -0.2) is 25.0 Å². The van der Waals surface area contributed by atoms with Gasteiger partial charge in [-0.3, -0.25) is 0 Å². The topological polar surface area (TPSA) is 83.8 Å². The summed E-state index contributed by atoms with van der Waals surface area (Å²) in [4.78, 5) is 16.5. The normalized spacial score (nSPS) is 10.4. The summed E-state index contributed by atoms with van der Waals surface area (Å²) < 4.78 is 0. The molecule has 18 heavy (non-hydrogen) atoms. The van der Waals surface area contributed by atoms with Gasteiger partial charge in [0.1, 0.15) is 12.1 Å². The molecule has 0 saturated carbocycles. The van der Waals surface area contributed by atoms with E-state index >= 15 is 0 Å². The van der Waals surface area contributed by atoms with Crippen LogP contribution in [0.1, 0.15) is 0 Å². The summed E-state index contributed by atoms with van der Waals surface area (Å²) in [6.07, 6.45) is 4.60. The standard InChI is InChI=1S/C12H9N5O/c18-9-3-1-8(2-4-9)17-12-10-11(15-7-16-12)14-6-5-13-10/h1-7,18H,(H,14,15,16,17). The van der Waals surface area contributed by atoms with E-state index in [9.17, 15) is 5.11 Å². The van der Waals surface area contributed by atoms with Crippen LogP contribution in [0.3, 0.4) is 0 Å². The maximum atomic E-state index is 9.22. The van der Waals surface area contributed by atoms with E-state index in [-0.39, 0.29) is 5.75 Å². The maximum absolute atomic E-state index is 9.22. The second kappa shape index (κ2) is 4.25. The first kappa shape index (κ1) is 10.4. The fourth-order valence-corrected chi connectivity index (χ4v) is 1.57. The molecule has 0 saturated heterocycles. The molecule has 88 valence electrons. The summed E-state index contributed by atoms with van der Waals surface area (Å²) in [5, 5.41) is 12.3. The lowest BCUT2D eigenvalue weighted by Crippen LogP contribution is -1.98. The molecule has 0 fully saturated rings. The molecule has 0 spiro atoms. The molecular formula is C12H9N5O. The van der Waals surface area contributed by atoms with Crippen molar-refractivity contribution in [2.24, 2.45) is 0 Å². The Morgan fingerprint density at radius 3 is 2.50 bits per heavy atom. The van der Waals surface area contributed by atoms with Gasteiger partial charge in [-0.1, -0.05) is 0 Å². The predicted octanol–water partition coefficient (Wildman–Crippen LogP) is 1.87. The Balaban J connectivity index is 2.02. The summed E-state index contributed by atoms with van der Waals surface area (Å²) in [6.45, 7) is 0. The zero-order valence-corrected chi connectivity index (χ0v) is 9.28. The van der Waals surface area contributed by atoms with Crippen LogP contribution >= 0.6 is 0 Å². The Morgan fingerprint density at radius 2 is 1.67 bits per heavy atom. The number of hydrogen-bond donors (Lipinski definition) is 2. The SMILES string of the molecule is Oc1ccc(Nc2ncnc3nccnc23)cc1. The van der Waals surface area contributed by atoms with E-state index in [2.05, 4.69) is 25.3 Å². The molecule has 2 N–H and O–H groups in total. The maximum Gasteiger partial charge on any atom is 0.183 e. The second-order valence-corrected chi connectivity index (χ2v) is 3.62. The number of fused-ring (bicyclic) bond motifs is 1. The lowest BCUT2D eigenvalue weighted by molar-refractivity contribution is 0.475. The van der Waals surface area contributed by atoms with Crippen LogP contribution in [0.15, 0.2) is 43.0 Å². The van der Waals surface area contributed by atoms with Gasteiger partial charge in [-0.05, 0) is 24.3 Å². The fourth-order valence-electron chi connectivity index (χ4n) is 1.57. The molecule has 0 aliphatic rings. The molecule has 0 aliphatic carbocycles. The molecular weight excluding hydrogens is 230 g/mol. The van der Waals surface area contributed by atoms with Crippen LogP contribution in [0.2, 0.25) is 0 Å². The minimum Gasteiger partial charge on any atom is -0.508 e. The van der Waals surface area contributed by atoms with Gasteiger partial charge in [-0.25, -0.2) is 19.9 Å². The number of hydrogen-bond acceptors (Lipinski definition) is 6. The van der Waals surface area contributed by atoms with Crippen molar-refractivity contribution in [3.63, 3.8) is 0 Å². The van der Waals surface area contributed by atoms with Crippen molar-refractivity contribution >= 4 is 22.7 Å². The van der Waals surface area contributed by atoms with Crippen LogP contribution in [0.5, 0.6) is 5.75 Å². The smallest absolute Gasteiger partial charge is 0.183 e. The number of nitrogens with one attached hydrogen (secondary N) is 1. The largest absolute Gasteiger partial charge is 0.508 e. The average Bonchev–Trinajstić information content (AvgIpc) is 2.42. The van der Waals surface area contributed by atoms with E-state index in [0.29, 0.717) is 17.0 Å². The summed E-state index contributed by atoms with van der Waals surface area (Å²) >= 11 is 0. The molecule has 6 nitrogen and oxygen atoms in total. The molecule has 0 aliphatic heterocycles. The number of phenolic OH excluding ortho intramolecular Hbond substituents is 1. The molecule has 6 heteroatoms. The van der Waals surface area contributed by atoms with Crippen LogP contribution in [0.4, 0.5) is 11.5 Å². The highest BCUT2D eigenvalue weighted by atomic mass is 16.3. The van der Waals surface area contributed by atoms with Crippen molar-refractivity contribution in [2.45, 2.75) is 0 Å². The highest BCUT2D eigenvalue weighted by molar-refractivity contribution is 5.83. The fraction of sp³-hybridized carbons (Fsp3) is 0. The lowest BCUT2D eigenvalue weighted by Gasteiger charge is -2.06. The van der Waals surface area contributed by atoms with Gasteiger partial charge in [0.25, 0.3) is 0 Å². The summed E-state index contributed by atoms with van der Waals surface area (Å²) in [5.41, 5.74) is 1.94. The van der Waals surface area contributed by atoms with E-state index < -0.39 is 0 Å². The predicted molar refractivity (Wildman–Crippen MR) is 66.5 cm³/mol. The number of benzene rings is 1. The van der Waals surface area contributed by atoms with Gasteiger partial charge in [-0.15, -0.1) is 0 Å². The van der Waals surface area contributed by atoms with Crippen LogP contribution in [-0.2, 0) is 0 Å². The van der Waals surface area contributed by atoms with Gasteiger partial charge in [-0.2, -0.15) is 0 Å². The quantitative estimate of drug-likeness (QED) is 0.664. The van der Waals surface area contributed by atoms with Gasteiger partial charge in [0.05, 0.1) is 0 Å². The zero-order valence-electron chi connectivity index (χ0n) is 9.28. The molecule has 0 bridgehead atoms. The van der Waals surface area contributed by atoms with E-state index in [4.69, 9.17) is 0 Å². The first-order valence-corrected chi connectivity index (χ1v) is 5.31. The molecule has 0 amide bonds. The van der Waals surface area contributed by atoms with Crippen molar-refractivity contribution in [1.82, 2.24) is 19.9 Å². The molecule has 1 aromatic carbocycles. The number of anilines is 2. The van der Waals surface area contributed by atoms with Crippen LogP contribution < -0.4 is 5.32 Å². The Morgan fingerprint density at radius 1 is 0.889 bits per heavy atom. The Hall–Kier alpha value is -2.76. The van der Waals surface area contributed by atoms with Crippen LogP contribution in [0, 0.1) is 0 Å². The van der Waals surface area contributed by atoms with Crippen molar-refractivity contribution in [3.05, 3.63) is 43.0 Å². The van der Waals surface area contributed by atoms with Crippen molar-refractivity contribution in [2.75, 3.05) is 5.32 Å². The van der Waals surface area contributed by atoms with Crippen molar-refractivity contribution in [3.8, 4) is 5.75 Å². The number of rotatable bonds is 2. The van der Waals surface area contributed by atoms with Gasteiger partial charge in [0.15, 0.2) is 17.0 Å². The van der Waals surface area contributed by atoms with Gasteiger partial charge in [0, 0.05) is 18.1 Å². The minimum atomic E-state index is 0.216. The highest BCUT2D eigenvalue weighted by Gasteiger charge is 2.05. The summed E-state index contributed by atoms with van der Waals surface area (Å²) in [7, 11) is 0. The summed E-state index contributed by atoms with van der Waals surface area (Å²) in [5.74, 6) is 0.798. The molecule has 0 radical (unpaired) electrons. The average molecular weight is 239 g/mol. The Labute approximate surface area is 102 Å². The zero-order chi connectivity index (χ0) is 12.4. The third-order valence-electron chi connectivity index (χ3n) is 2.40. The van der Waals surface area contributed by atoms with E-state index in [1.807, 2.05) is 0 Å². The molecule has 0 unspecified atom stereocenters. The third-order valence-corrected chi connectivity index (χ3v) is 2.40. The number of phenols is 1. The monoisotopic (exact) mass is 239 g/mol. The molecule has 3 aromatic rings. The van der Waals surface area contributed by atoms with E-state index in [1.165, 1.54) is 6.33 Å². The first-order valence-electron chi connectivity index (χ1n) is 5.31. The van der Waals surface area contributed by atoms with Crippen LogP contribution in [0.25, 0.3) is 11.2 Å². The van der Waals surface area contributed by atoms with Crippen molar-refractivity contribution in [1.29, 1.82) is 0 Å². The minimum absolute atomic E-state index is 0.216. The lowest BCUT2D eigenvalue weighted by atomic mass is 10.3. The number of aromatic hydroxyl groups is 1. The molecule has 3 rings (SSSR count). The number of nitrogens with zero attached hydrogens (tertiary/aromatic N) is 4. The Bertz CT molecular complexity index is 678.